The van der Waals surface area contributed by atoms with E-state index in [1.54, 1.807) is 46.1 Å². The minimum atomic E-state index is -4.85. The Bertz CT molecular complexity index is 1540. The van der Waals surface area contributed by atoms with Gasteiger partial charge in [-0.1, -0.05) is 18.9 Å². The predicted octanol–water partition coefficient (Wildman–Crippen LogP) is 6.54. The average Bonchev–Trinajstić information content (AvgIpc) is 3.42. The molecule has 1 spiro atoms. The number of likely N-dealkylation sites (tertiary alicyclic amines) is 1. The van der Waals surface area contributed by atoms with Crippen molar-refractivity contribution >= 4 is 28.9 Å². The molecule has 4 rings (SSSR count). The summed E-state index contributed by atoms with van der Waals surface area (Å²) in [7, 11) is 2.76. The summed E-state index contributed by atoms with van der Waals surface area (Å²) in [4.78, 5) is 45.4. The largest absolute Gasteiger partial charge is 0.493 e. The maximum absolute atomic E-state index is 14.5. The van der Waals surface area contributed by atoms with Crippen LogP contribution in [0.15, 0.2) is 30.9 Å². The van der Waals surface area contributed by atoms with Gasteiger partial charge < -0.3 is 33.9 Å². The fraction of sp³-hybridized carbons (Fsp3) is 0.611. The van der Waals surface area contributed by atoms with Crippen molar-refractivity contribution in [3.63, 3.8) is 0 Å². The van der Waals surface area contributed by atoms with E-state index >= 15 is 0 Å². The molecule has 50 heavy (non-hydrogen) atoms. The van der Waals surface area contributed by atoms with Crippen molar-refractivity contribution < 1.29 is 51.2 Å². The van der Waals surface area contributed by atoms with E-state index in [1.807, 2.05) is 0 Å². The number of fused-ring (bicyclic) bond motifs is 3. The number of aryl methyl sites for hydroxylation is 1. The van der Waals surface area contributed by atoms with Crippen LogP contribution in [0.1, 0.15) is 83.4 Å². The number of amides is 2. The number of rotatable bonds is 14. The lowest BCUT2D eigenvalue weighted by Crippen LogP contribution is -2.53. The number of carbonyl (C=O) groups is 3. The minimum Gasteiger partial charge on any atom is -0.493 e. The van der Waals surface area contributed by atoms with Gasteiger partial charge >= 0.3 is 18.2 Å². The topological polar surface area (TPSA) is 126 Å². The molecule has 0 radical (unpaired) electrons. The van der Waals surface area contributed by atoms with Crippen LogP contribution in [0.2, 0.25) is 0 Å². The number of nitrogens with one attached hydrogen (secondary N) is 1. The Labute approximate surface area is 290 Å². The number of allylic oxidation sites excluding steroid dienone is 1. The highest BCUT2D eigenvalue weighted by molar-refractivity contribution is 5.91. The first-order valence-corrected chi connectivity index (χ1v) is 16.9. The first-order chi connectivity index (χ1) is 23.6. The molecular weight excluding hydrogens is 659 g/mol. The molecular formula is C36H48F3N3O8. The van der Waals surface area contributed by atoms with Crippen LogP contribution < -0.4 is 14.8 Å². The molecule has 0 saturated carbocycles. The van der Waals surface area contributed by atoms with Crippen molar-refractivity contribution in [1.29, 1.82) is 0 Å². The van der Waals surface area contributed by atoms with Crippen molar-refractivity contribution in [1.82, 2.24) is 15.2 Å². The quantitative estimate of drug-likeness (QED) is 0.132. The van der Waals surface area contributed by atoms with Crippen LogP contribution >= 0.6 is 0 Å². The Morgan fingerprint density at radius 2 is 1.90 bits per heavy atom. The van der Waals surface area contributed by atoms with E-state index in [1.165, 1.54) is 18.1 Å². The van der Waals surface area contributed by atoms with Crippen molar-refractivity contribution in [2.24, 2.45) is 0 Å². The van der Waals surface area contributed by atoms with Gasteiger partial charge in [0.1, 0.15) is 29.0 Å². The van der Waals surface area contributed by atoms with Crippen molar-refractivity contribution in [2.75, 3.05) is 34.0 Å². The van der Waals surface area contributed by atoms with Gasteiger partial charge in [0.25, 0.3) is 0 Å². The van der Waals surface area contributed by atoms with Gasteiger partial charge in [0.05, 0.1) is 25.8 Å². The summed E-state index contributed by atoms with van der Waals surface area (Å²) in [5.41, 5.74) is -2.91. The van der Waals surface area contributed by atoms with Gasteiger partial charge in [-0.25, -0.2) is 14.6 Å². The zero-order valence-corrected chi connectivity index (χ0v) is 29.5. The smallest absolute Gasteiger partial charge is 0.437 e. The van der Waals surface area contributed by atoms with E-state index in [4.69, 9.17) is 23.7 Å². The normalized spacial score (nSPS) is 19.4. The van der Waals surface area contributed by atoms with E-state index in [2.05, 4.69) is 16.9 Å². The fourth-order valence-electron chi connectivity index (χ4n) is 6.45. The Kier molecular flexibility index (Phi) is 12.6. The van der Waals surface area contributed by atoms with Crippen LogP contribution in [0.25, 0.3) is 10.9 Å². The summed E-state index contributed by atoms with van der Waals surface area (Å²) in [6.07, 6.45) is 0.255. The Morgan fingerprint density at radius 1 is 1.14 bits per heavy atom. The highest BCUT2D eigenvalue weighted by Crippen LogP contribution is 2.48. The molecule has 0 bridgehead atoms. The third kappa shape index (κ3) is 9.58. The van der Waals surface area contributed by atoms with Gasteiger partial charge in [-0.15, -0.1) is 6.58 Å². The number of pyridine rings is 1. The van der Waals surface area contributed by atoms with Gasteiger partial charge in [0.15, 0.2) is 11.4 Å². The lowest BCUT2D eigenvalue weighted by Gasteiger charge is -2.37. The van der Waals surface area contributed by atoms with Crippen LogP contribution in [0.5, 0.6) is 11.5 Å². The summed E-state index contributed by atoms with van der Waals surface area (Å²) >= 11 is 0. The summed E-state index contributed by atoms with van der Waals surface area (Å²) in [6, 6.07) is 2.49. The number of alkyl carbamates (subject to hydrolysis) is 1. The highest BCUT2D eigenvalue weighted by atomic mass is 19.4. The maximum Gasteiger partial charge on any atom is 0.437 e. The first kappa shape index (κ1) is 38.7. The molecule has 1 saturated heterocycles. The zero-order valence-electron chi connectivity index (χ0n) is 29.5. The van der Waals surface area contributed by atoms with Crippen LogP contribution in [0, 0.1) is 0 Å². The van der Waals surface area contributed by atoms with E-state index in [-0.39, 0.29) is 37.7 Å². The van der Waals surface area contributed by atoms with Gasteiger partial charge in [0, 0.05) is 37.5 Å². The molecule has 3 heterocycles. The molecule has 3 atom stereocenters. The highest BCUT2D eigenvalue weighted by Gasteiger charge is 2.55. The Morgan fingerprint density at radius 3 is 2.56 bits per heavy atom. The summed E-state index contributed by atoms with van der Waals surface area (Å²) in [5, 5.41) is 3.12. The summed E-state index contributed by atoms with van der Waals surface area (Å²) in [5.74, 6) is -1.29. The number of methoxy groups -OCH3 is 2. The lowest BCUT2D eigenvalue weighted by atomic mass is 9.87. The Balaban J connectivity index is 1.67. The molecule has 11 nitrogen and oxygen atoms in total. The number of halogens is 3. The zero-order chi connectivity index (χ0) is 36.7. The summed E-state index contributed by atoms with van der Waals surface area (Å²) in [6.45, 7) is 9.45. The second kappa shape index (κ2) is 16.3. The molecule has 0 aliphatic carbocycles. The first-order valence-electron chi connectivity index (χ1n) is 16.9. The molecule has 2 aliphatic rings. The minimum absolute atomic E-state index is 0.110. The second-order valence-corrected chi connectivity index (χ2v) is 13.8. The van der Waals surface area contributed by atoms with Crippen LogP contribution in [-0.2, 0) is 36.4 Å². The molecule has 14 heteroatoms. The third-order valence-corrected chi connectivity index (χ3v) is 8.74. The Hall–Kier alpha value is -4.07. The lowest BCUT2D eigenvalue weighted by molar-refractivity contribution is -0.151. The number of hydrogen-bond acceptors (Lipinski definition) is 9. The standard InChI is InChI=1S/C36H48F3N3O8/c1-7-8-9-10-11-13-27(41-33(45)50-34(2,3)4)31(43)42-22-35(21-28(42)32(44)47-6)17-16-24-25-20-23(48-19-12-18-46-5)14-15-26(25)40-30(29(24)49-35)36(37,38)39/h7,14-15,20,27-28H,1,8-13,16-19,21-22H2,2-6H3,(H,41,45). The second-order valence-electron chi connectivity index (χ2n) is 13.8. The van der Waals surface area contributed by atoms with E-state index in [0.717, 1.165) is 19.3 Å². The molecule has 1 N–H and O–H groups in total. The summed E-state index contributed by atoms with van der Waals surface area (Å²) < 4.78 is 71.2. The molecule has 1 aromatic heterocycles. The molecule has 1 fully saturated rings. The van der Waals surface area contributed by atoms with Crippen LogP contribution in [0.4, 0.5) is 18.0 Å². The van der Waals surface area contributed by atoms with Crippen molar-refractivity contribution in [3.8, 4) is 11.5 Å². The number of benzene rings is 1. The van der Waals surface area contributed by atoms with Gasteiger partial charge in [-0.2, -0.15) is 13.2 Å². The maximum atomic E-state index is 14.5. The number of esters is 1. The number of unbranched alkanes of at least 4 members (excludes halogenated alkanes) is 3. The number of alkyl halides is 3. The number of aromatic nitrogens is 1. The number of hydrogen-bond donors (Lipinski definition) is 1. The van der Waals surface area contributed by atoms with Crippen molar-refractivity contribution in [2.45, 2.75) is 108 Å². The van der Waals surface area contributed by atoms with Crippen molar-refractivity contribution in [3.05, 3.63) is 42.1 Å². The van der Waals surface area contributed by atoms with Crippen LogP contribution in [-0.4, -0.2) is 85.1 Å². The SMILES string of the molecule is C=CCCCCCC(NC(=O)OC(C)(C)C)C(=O)N1CC2(CCc3c(c(C(F)(F)F)nc4ccc(OCCCOC)cc34)O2)CC1C(=O)OC. The van der Waals surface area contributed by atoms with Gasteiger partial charge in [0.2, 0.25) is 5.91 Å². The van der Waals surface area contributed by atoms with Gasteiger partial charge in [-0.05, 0) is 71.1 Å². The van der Waals surface area contributed by atoms with Crippen LogP contribution in [0.3, 0.4) is 0 Å². The fourth-order valence-corrected chi connectivity index (χ4v) is 6.45. The predicted molar refractivity (Wildman–Crippen MR) is 179 cm³/mol. The van der Waals surface area contributed by atoms with E-state index in [0.29, 0.717) is 42.8 Å². The molecule has 1 aromatic carbocycles. The molecule has 2 amide bonds. The molecule has 2 aliphatic heterocycles. The third-order valence-electron chi connectivity index (χ3n) is 8.74. The number of nitrogens with zero attached hydrogens (tertiary/aromatic N) is 2. The average molecular weight is 708 g/mol. The molecule has 276 valence electrons. The van der Waals surface area contributed by atoms with E-state index in [9.17, 15) is 27.6 Å². The number of carbonyl (C=O) groups excluding carboxylic acids is 3. The van der Waals surface area contributed by atoms with E-state index < -0.39 is 58.9 Å². The monoisotopic (exact) mass is 707 g/mol. The van der Waals surface area contributed by atoms with Gasteiger partial charge in [-0.3, -0.25) is 4.79 Å². The molecule has 3 unspecified atom stereocenters. The number of ether oxygens (including phenoxy) is 5. The molecule has 2 aromatic rings.